The van der Waals surface area contributed by atoms with Crippen LogP contribution in [0, 0.1) is 13.8 Å². The van der Waals surface area contributed by atoms with Crippen LogP contribution in [0.25, 0.3) is 5.82 Å². The predicted octanol–water partition coefficient (Wildman–Crippen LogP) is 3.93. The number of rotatable bonds is 2. The monoisotopic (exact) mass is 289 g/mol. The molecule has 0 saturated carbocycles. The summed E-state index contributed by atoms with van der Waals surface area (Å²) in [4.78, 5) is 4.35. The van der Waals surface area contributed by atoms with Crippen molar-refractivity contribution in [2.45, 2.75) is 19.7 Å². The summed E-state index contributed by atoms with van der Waals surface area (Å²) < 4.78 is 1.68. The smallest absolute Gasteiger partial charge is 0.154 e. The second kappa shape index (κ2) is 4.84. The SMILES string of the molecule is Cc1nn(-c2ccc(Cl)c(CCl)n2)c(C)c1Cl. The van der Waals surface area contributed by atoms with Crippen molar-refractivity contribution in [3.8, 4) is 5.82 Å². The molecular weight excluding hydrogens is 281 g/mol. The largest absolute Gasteiger partial charge is 0.231 e. The molecule has 0 N–H and O–H groups in total. The summed E-state index contributed by atoms with van der Waals surface area (Å²) in [5.74, 6) is 0.928. The van der Waals surface area contributed by atoms with Crippen LogP contribution in [0.4, 0.5) is 0 Å². The number of alkyl halides is 1. The van der Waals surface area contributed by atoms with Crippen LogP contribution in [-0.2, 0) is 5.88 Å². The molecule has 0 unspecified atom stereocenters. The molecule has 0 amide bonds. The van der Waals surface area contributed by atoms with E-state index in [1.807, 2.05) is 13.8 Å². The molecule has 0 radical (unpaired) electrons. The molecule has 3 nitrogen and oxygen atoms in total. The molecule has 0 fully saturated rings. The highest BCUT2D eigenvalue weighted by molar-refractivity contribution is 6.32. The summed E-state index contributed by atoms with van der Waals surface area (Å²) in [6.45, 7) is 3.74. The molecule has 17 heavy (non-hydrogen) atoms. The Morgan fingerprint density at radius 1 is 1.24 bits per heavy atom. The number of halogens is 3. The van der Waals surface area contributed by atoms with Crippen molar-refractivity contribution in [3.05, 3.63) is 39.3 Å². The predicted molar refractivity (Wildman–Crippen MR) is 70.4 cm³/mol. The average Bonchev–Trinajstić information content (AvgIpc) is 2.58. The van der Waals surface area contributed by atoms with Crippen molar-refractivity contribution in [3.63, 3.8) is 0 Å². The van der Waals surface area contributed by atoms with Crippen molar-refractivity contribution in [1.29, 1.82) is 0 Å². The highest BCUT2D eigenvalue weighted by atomic mass is 35.5. The van der Waals surface area contributed by atoms with E-state index in [4.69, 9.17) is 34.8 Å². The van der Waals surface area contributed by atoms with Gasteiger partial charge in [0, 0.05) is 0 Å². The molecule has 2 aromatic rings. The van der Waals surface area contributed by atoms with Gasteiger partial charge in [0.1, 0.15) is 0 Å². The van der Waals surface area contributed by atoms with Crippen molar-refractivity contribution in [1.82, 2.24) is 14.8 Å². The lowest BCUT2D eigenvalue weighted by atomic mass is 10.3. The van der Waals surface area contributed by atoms with Gasteiger partial charge >= 0.3 is 0 Å². The van der Waals surface area contributed by atoms with Crippen LogP contribution in [0.15, 0.2) is 12.1 Å². The normalized spacial score (nSPS) is 10.9. The van der Waals surface area contributed by atoms with Gasteiger partial charge in [0.2, 0.25) is 0 Å². The first-order valence-corrected chi connectivity index (χ1v) is 6.27. The fourth-order valence-electron chi connectivity index (χ4n) is 1.53. The minimum Gasteiger partial charge on any atom is -0.231 e. The Morgan fingerprint density at radius 2 is 1.94 bits per heavy atom. The lowest BCUT2D eigenvalue weighted by Gasteiger charge is -2.06. The molecule has 0 aliphatic heterocycles. The van der Waals surface area contributed by atoms with Gasteiger partial charge < -0.3 is 0 Å². The third-order valence-electron chi connectivity index (χ3n) is 2.45. The first-order chi connectivity index (χ1) is 8.04. The van der Waals surface area contributed by atoms with Gasteiger partial charge in [0.15, 0.2) is 5.82 Å². The number of nitrogens with zero attached hydrogens (tertiary/aromatic N) is 3. The molecule has 0 spiro atoms. The Morgan fingerprint density at radius 3 is 2.47 bits per heavy atom. The molecule has 2 aromatic heterocycles. The van der Waals surface area contributed by atoms with Gasteiger partial charge in [-0.3, -0.25) is 0 Å². The van der Waals surface area contributed by atoms with E-state index in [2.05, 4.69) is 10.1 Å². The van der Waals surface area contributed by atoms with Crippen LogP contribution in [0.3, 0.4) is 0 Å². The summed E-state index contributed by atoms with van der Waals surface area (Å²) >= 11 is 17.8. The maximum atomic E-state index is 6.09. The molecule has 6 heteroatoms. The Bertz CT molecular complexity index is 563. The number of pyridine rings is 1. The minimum atomic E-state index is 0.264. The van der Waals surface area contributed by atoms with E-state index in [1.54, 1.807) is 16.8 Å². The van der Waals surface area contributed by atoms with Gasteiger partial charge in [-0.15, -0.1) is 11.6 Å². The van der Waals surface area contributed by atoms with E-state index >= 15 is 0 Å². The van der Waals surface area contributed by atoms with E-state index in [0.717, 1.165) is 11.4 Å². The van der Waals surface area contributed by atoms with Crippen LogP contribution < -0.4 is 0 Å². The third kappa shape index (κ3) is 2.28. The average molecular weight is 291 g/mol. The van der Waals surface area contributed by atoms with Gasteiger partial charge in [-0.05, 0) is 26.0 Å². The summed E-state index contributed by atoms with van der Waals surface area (Å²) in [5.41, 5.74) is 2.25. The van der Waals surface area contributed by atoms with Gasteiger partial charge in [-0.25, -0.2) is 9.67 Å². The van der Waals surface area contributed by atoms with E-state index in [-0.39, 0.29) is 5.88 Å². The molecule has 0 atom stereocenters. The van der Waals surface area contributed by atoms with Gasteiger partial charge in [0.05, 0.1) is 33.0 Å². The first kappa shape index (κ1) is 12.7. The zero-order valence-corrected chi connectivity index (χ0v) is 11.6. The standard InChI is InChI=1S/C11H10Cl3N3/c1-6-11(14)7(2)17(16-6)10-4-3-8(13)9(5-12)15-10/h3-4H,5H2,1-2H3. The fourth-order valence-corrected chi connectivity index (χ4v) is 2.09. The number of hydrogen-bond acceptors (Lipinski definition) is 2. The van der Waals surface area contributed by atoms with Crippen molar-refractivity contribution in [2.24, 2.45) is 0 Å². The number of hydrogen-bond donors (Lipinski definition) is 0. The summed E-state index contributed by atoms with van der Waals surface area (Å²) in [7, 11) is 0. The van der Waals surface area contributed by atoms with E-state index in [9.17, 15) is 0 Å². The maximum Gasteiger partial charge on any atom is 0.154 e. The fraction of sp³-hybridized carbons (Fsp3) is 0.273. The van der Waals surface area contributed by atoms with E-state index in [0.29, 0.717) is 21.6 Å². The number of aromatic nitrogens is 3. The van der Waals surface area contributed by atoms with Gasteiger partial charge in [0.25, 0.3) is 0 Å². The highest BCUT2D eigenvalue weighted by Crippen LogP contribution is 2.23. The highest BCUT2D eigenvalue weighted by Gasteiger charge is 2.12. The molecule has 0 aliphatic rings. The van der Waals surface area contributed by atoms with Crippen LogP contribution >= 0.6 is 34.8 Å². The Balaban J connectivity index is 2.57. The molecule has 0 bridgehead atoms. The van der Waals surface area contributed by atoms with Gasteiger partial charge in [-0.2, -0.15) is 5.10 Å². The summed E-state index contributed by atoms with van der Waals surface area (Å²) in [6, 6.07) is 3.54. The first-order valence-electron chi connectivity index (χ1n) is 4.98. The molecule has 2 heterocycles. The topological polar surface area (TPSA) is 30.7 Å². The van der Waals surface area contributed by atoms with Crippen LogP contribution in [0.1, 0.15) is 17.1 Å². The maximum absolute atomic E-state index is 6.09. The molecule has 0 aromatic carbocycles. The lowest BCUT2D eigenvalue weighted by Crippen LogP contribution is -2.03. The second-order valence-corrected chi connectivity index (χ2v) is 4.68. The van der Waals surface area contributed by atoms with Gasteiger partial charge in [-0.1, -0.05) is 23.2 Å². The second-order valence-electron chi connectivity index (χ2n) is 3.63. The lowest BCUT2D eigenvalue weighted by molar-refractivity contribution is 0.801. The van der Waals surface area contributed by atoms with Crippen LogP contribution in [-0.4, -0.2) is 14.8 Å². The minimum absolute atomic E-state index is 0.264. The summed E-state index contributed by atoms with van der Waals surface area (Å²) in [5, 5.41) is 5.52. The number of aryl methyl sites for hydroxylation is 1. The molecule has 90 valence electrons. The summed E-state index contributed by atoms with van der Waals surface area (Å²) in [6.07, 6.45) is 0. The molecule has 2 rings (SSSR count). The van der Waals surface area contributed by atoms with Crippen LogP contribution in [0.5, 0.6) is 0 Å². The van der Waals surface area contributed by atoms with Crippen molar-refractivity contribution < 1.29 is 0 Å². The Hall–Kier alpha value is -0.770. The molecule has 0 aliphatic carbocycles. The molecular formula is C11H10Cl3N3. The zero-order valence-electron chi connectivity index (χ0n) is 9.34. The Labute approximate surface area is 114 Å². The third-order valence-corrected chi connectivity index (χ3v) is 3.59. The van der Waals surface area contributed by atoms with Crippen LogP contribution in [0.2, 0.25) is 10.0 Å². The van der Waals surface area contributed by atoms with Crippen molar-refractivity contribution in [2.75, 3.05) is 0 Å². The zero-order chi connectivity index (χ0) is 12.6. The Kier molecular flexibility index (Phi) is 3.61. The van der Waals surface area contributed by atoms with E-state index in [1.165, 1.54) is 0 Å². The molecule has 0 saturated heterocycles. The quantitative estimate of drug-likeness (QED) is 0.785. The van der Waals surface area contributed by atoms with E-state index < -0.39 is 0 Å². The van der Waals surface area contributed by atoms with Crippen molar-refractivity contribution >= 4 is 34.8 Å².